The number of carbonyl (C=O) groups is 2. The molecule has 0 atom stereocenters. The van der Waals surface area contributed by atoms with Gasteiger partial charge in [-0.25, -0.2) is 0 Å². The number of fused-ring (bicyclic) bond motifs is 2. The van der Waals surface area contributed by atoms with Gasteiger partial charge < -0.3 is 0 Å². The van der Waals surface area contributed by atoms with E-state index in [1.54, 1.807) is 0 Å². The Morgan fingerprint density at radius 1 is 0.571 bits per heavy atom. The van der Waals surface area contributed by atoms with Crippen LogP contribution in [-0.4, -0.2) is 11.8 Å². The molecule has 1 aliphatic rings. The lowest BCUT2D eigenvalue weighted by atomic mass is 9.85. The third kappa shape index (κ3) is 1.93. The zero-order chi connectivity index (χ0) is 19.3. The maximum atomic E-state index is 12.6. The largest absolute Gasteiger partial charge is 0.288 e. The van der Waals surface area contributed by atoms with Crippen LogP contribution in [0.1, 0.15) is 20.7 Å². The lowest BCUT2D eigenvalue weighted by Crippen LogP contribution is -2.34. The predicted molar refractivity (Wildman–Crippen MR) is 123 cm³/mol. The quantitative estimate of drug-likeness (QED) is 0.128. The van der Waals surface area contributed by atoms with Crippen molar-refractivity contribution in [2.45, 2.75) is 0 Å². The molecule has 0 radical (unpaired) electrons. The summed E-state index contributed by atoms with van der Waals surface area (Å²) in [4.78, 5) is 25.1. The third-order valence-corrected chi connectivity index (χ3v) is 7.49. The Labute approximate surface area is 183 Å². The zero-order valence-electron chi connectivity index (χ0n) is 14.0. The number of benzene rings is 5. The van der Waals surface area contributed by atoms with Crippen molar-refractivity contribution >= 4 is 103 Å². The fourth-order valence-electron chi connectivity index (χ4n) is 4.48. The van der Waals surface area contributed by atoms with Gasteiger partial charge in [-0.15, -0.1) is 0 Å². The van der Waals surface area contributed by atoms with E-state index in [1.165, 1.54) is 0 Å². The minimum absolute atomic E-state index is 0.363. The van der Waals surface area contributed by atoms with E-state index in [-0.39, 0.29) is 11.8 Å². The van der Waals surface area contributed by atoms with Crippen molar-refractivity contribution < 1.29 is 9.59 Å². The van der Waals surface area contributed by atoms with Crippen LogP contribution in [-0.2, 0) is 0 Å². The number of imide groups is 1. The van der Waals surface area contributed by atoms with E-state index in [1.807, 2.05) is 24.3 Å². The maximum Gasteiger partial charge on any atom is 0.258 e. The van der Waals surface area contributed by atoms with Gasteiger partial charge in [0.25, 0.3) is 11.8 Å². The SMILES string of the molecule is O=C1NC(=O)c2cc(Br)c3c4ccc(Br)c5cccc(c6c(Br)cc1c2c63)c54. The van der Waals surface area contributed by atoms with Gasteiger partial charge in [0.05, 0.1) is 0 Å². The van der Waals surface area contributed by atoms with Gasteiger partial charge in [-0.05, 0) is 39.7 Å². The van der Waals surface area contributed by atoms with Gasteiger partial charge in [0.2, 0.25) is 0 Å². The second-order valence-electron chi connectivity index (χ2n) is 6.92. The standard InChI is InChI=1S/C22H8Br3NO2/c23-13-5-4-10-16-8(13)2-1-3-9(16)18-14(24)6-11-17-12(22(28)26-21(11)27)7-15(25)19(10)20(17)18/h1-7H,(H,26,27,28). The average molecular weight is 558 g/mol. The Morgan fingerprint density at radius 2 is 1.14 bits per heavy atom. The second kappa shape index (κ2) is 5.53. The highest BCUT2D eigenvalue weighted by atomic mass is 79.9. The summed E-state index contributed by atoms with van der Waals surface area (Å²) >= 11 is 11.1. The van der Waals surface area contributed by atoms with Crippen LogP contribution in [0.3, 0.4) is 0 Å². The maximum absolute atomic E-state index is 12.6. The van der Waals surface area contributed by atoms with Gasteiger partial charge in [-0.1, -0.05) is 72.1 Å². The Balaban J connectivity index is 2.08. The molecular weight excluding hydrogens is 550 g/mol. The van der Waals surface area contributed by atoms with Crippen LogP contribution < -0.4 is 5.32 Å². The molecule has 1 heterocycles. The molecule has 0 saturated carbocycles. The third-order valence-electron chi connectivity index (χ3n) is 5.55. The van der Waals surface area contributed by atoms with E-state index >= 15 is 0 Å². The first-order chi connectivity index (χ1) is 13.5. The van der Waals surface area contributed by atoms with Crippen molar-refractivity contribution in [2.24, 2.45) is 0 Å². The Bertz CT molecular complexity index is 1480. The summed E-state index contributed by atoms with van der Waals surface area (Å²) in [5, 5.41) is 10.6. The van der Waals surface area contributed by atoms with E-state index < -0.39 is 0 Å². The van der Waals surface area contributed by atoms with E-state index in [4.69, 9.17) is 0 Å². The summed E-state index contributed by atoms with van der Waals surface area (Å²) < 4.78 is 2.70. The molecular formula is C22H8Br3NO2. The van der Waals surface area contributed by atoms with Gasteiger partial charge in [0.1, 0.15) is 0 Å². The van der Waals surface area contributed by atoms with Crippen LogP contribution in [0.5, 0.6) is 0 Å². The minimum atomic E-state index is -0.363. The summed E-state index contributed by atoms with van der Waals surface area (Å²) in [6.45, 7) is 0. The second-order valence-corrected chi connectivity index (χ2v) is 9.48. The highest BCUT2D eigenvalue weighted by molar-refractivity contribution is 9.11. The van der Waals surface area contributed by atoms with E-state index in [9.17, 15) is 9.59 Å². The first-order valence-corrected chi connectivity index (χ1v) is 10.9. The molecule has 5 aromatic carbocycles. The van der Waals surface area contributed by atoms with Gasteiger partial charge in [-0.3, -0.25) is 14.9 Å². The molecule has 0 bridgehead atoms. The highest BCUT2D eigenvalue weighted by Crippen LogP contribution is 2.48. The average Bonchev–Trinajstić information content (AvgIpc) is 2.67. The molecule has 3 nitrogen and oxygen atoms in total. The van der Waals surface area contributed by atoms with Crippen molar-refractivity contribution in [2.75, 3.05) is 0 Å². The molecule has 5 aromatic rings. The normalized spacial score (nSPS) is 14.0. The lowest BCUT2D eigenvalue weighted by molar-refractivity contribution is 0.0845. The molecule has 28 heavy (non-hydrogen) atoms. The Hall–Kier alpha value is -2.02. The number of nitrogens with one attached hydrogen (secondary N) is 1. The van der Waals surface area contributed by atoms with Gasteiger partial charge in [0.15, 0.2) is 0 Å². The van der Waals surface area contributed by atoms with Crippen molar-refractivity contribution in [1.82, 2.24) is 5.32 Å². The number of amides is 2. The summed E-state index contributed by atoms with van der Waals surface area (Å²) in [7, 11) is 0. The number of hydrogen-bond acceptors (Lipinski definition) is 2. The van der Waals surface area contributed by atoms with Crippen molar-refractivity contribution in [3.8, 4) is 0 Å². The molecule has 6 heteroatoms. The van der Waals surface area contributed by atoms with Gasteiger partial charge >= 0.3 is 0 Å². The highest BCUT2D eigenvalue weighted by Gasteiger charge is 2.30. The van der Waals surface area contributed by atoms with Crippen molar-refractivity contribution in [3.05, 3.63) is 67.0 Å². The number of halogens is 3. The minimum Gasteiger partial charge on any atom is -0.288 e. The molecule has 0 saturated heterocycles. The number of hydrogen-bond donors (Lipinski definition) is 1. The van der Waals surface area contributed by atoms with Crippen LogP contribution in [0.2, 0.25) is 0 Å². The summed E-state index contributed by atoms with van der Waals surface area (Å²) in [5.74, 6) is -0.726. The monoisotopic (exact) mass is 555 g/mol. The smallest absolute Gasteiger partial charge is 0.258 e. The molecule has 6 rings (SSSR count). The molecule has 0 spiro atoms. The number of carbonyl (C=O) groups excluding carboxylic acids is 2. The molecule has 0 fully saturated rings. The molecule has 0 unspecified atom stereocenters. The summed E-state index contributed by atoms with van der Waals surface area (Å²) in [6, 6.07) is 14.0. The van der Waals surface area contributed by atoms with Crippen LogP contribution in [0, 0.1) is 0 Å². The lowest BCUT2D eigenvalue weighted by Gasteiger charge is -2.23. The number of rotatable bonds is 0. The van der Waals surface area contributed by atoms with E-state index in [0.29, 0.717) is 11.1 Å². The van der Waals surface area contributed by atoms with E-state index in [0.717, 1.165) is 56.5 Å². The molecule has 1 aliphatic heterocycles. The molecule has 134 valence electrons. The molecule has 0 aromatic heterocycles. The first kappa shape index (κ1) is 16.9. The van der Waals surface area contributed by atoms with Crippen molar-refractivity contribution in [3.63, 3.8) is 0 Å². The fraction of sp³-hybridized carbons (Fsp3) is 0. The predicted octanol–water partition coefficient (Wildman–Crippen LogP) is 6.91. The Morgan fingerprint density at radius 3 is 1.79 bits per heavy atom. The topological polar surface area (TPSA) is 46.2 Å². The molecule has 1 N–H and O–H groups in total. The molecule has 0 aliphatic carbocycles. The van der Waals surface area contributed by atoms with Gasteiger partial charge in [0, 0.05) is 46.1 Å². The van der Waals surface area contributed by atoms with Gasteiger partial charge in [-0.2, -0.15) is 0 Å². The van der Waals surface area contributed by atoms with E-state index in [2.05, 4.69) is 71.3 Å². The summed E-state index contributed by atoms with van der Waals surface area (Å²) in [6.07, 6.45) is 0. The van der Waals surface area contributed by atoms with Crippen LogP contribution in [0.15, 0.2) is 55.9 Å². The first-order valence-electron chi connectivity index (χ1n) is 8.53. The zero-order valence-corrected chi connectivity index (χ0v) is 18.7. The van der Waals surface area contributed by atoms with Crippen LogP contribution in [0.4, 0.5) is 0 Å². The Kier molecular flexibility index (Phi) is 3.33. The van der Waals surface area contributed by atoms with Crippen LogP contribution in [0.25, 0.3) is 43.1 Å². The molecule has 2 amide bonds. The van der Waals surface area contributed by atoms with Crippen molar-refractivity contribution in [1.29, 1.82) is 0 Å². The van der Waals surface area contributed by atoms with Crippen LogP contribution >= 0.6 is 47.8 Å². The fourth-order valence-corrected chi connectivity index (χ4v) is 6.22. The summed E-state index contributed by atoms with van der Waals surface area (Å²) in [5.41, 5.74) is 1.03.